The summed E-state index contributed by atoms with van der Waals surface area (Å²) in [6, 6.07) is 17.1. The molecule has 0 amide bonds. The van der Waals surface area contributed by atoms with E-state index in [0.29, 0.717) is 0 Å². The zero-order valence-corrected chi connectivity index (χ0v) is 14.6. The van der Waals surface area contributed by atoms with Crippen LogP contribution in [-0.4, -0.2) is 14.8 Å². The summed E-state index contributed by atoms with van der Waals surface area (Å²) in [6.07, 6.45) is -0.0200. The average molecular weight is 328 g/mol. The Morgan fingerprint density at radius 2 is 1.84 bits per heavy atom. The molecular weight excluding hydrogens is 308 g/mol. The summed E-state index contributed by atoms with van der Waals surface area (Å²) in [4.78, 5) is 3.52. The maximum Gasteiger partial charge on any atom is 0.149 e. The molecule has 25 heavy (non-hydrogen) atoms. The molecule has 2 N–H and O–H groups in total. The molecule has 0 saturated heterocycles. The van der Waals surface area contributed by atoms with Crippen LogP contribution in [0.2, 0.25) is 0 Å². The molecule has 0 bridgehead atoms. The minimum Gasteiger partial charge on any atom is -0.359 e. The van der Waals surface area contributed by atoms with Crippen LogP contribution in [0.3, 0.4) is 0 Å². The maximum atomic E-state index is 4.81. The molecule has 0 spiro atoms. The second-order valence-electron chi connectivity index (χ2n) is 6.87. The molecule has 1 unspecified atom stereocenters. The van der Waals surface area contributed by atoms with E-state index in [9.17, 15) is 0 Å². The standard InChI is InChI=1S/C21H20N4/c1-12-7-6-9-16-18-11-13(2)24-25(18)21(23-20(12)16)19-14(3)22-17-10-5-4-8-15(17)19/h4-11,21-23H,1-3H3. The lowest BCUT2D eigenvalue weighted by Gasteiger charge is -2.30. The van der Waals surface area contributed by atoms with Gasteiger partial charge < -0.3 is 10.3 Å². The molecule has 4 nitrogen and oxygen atoms in total. The predicted octanol–water partition coefficient (Wildman–Crippen LogP) is 4.93. The first-order valence-electron chi connectivity index (χ1n) is 8.63. The lowest BCUT2D eigenvalue weighted by molar-refractivity contribution is 0.571. The predicted molar refractivity (Wildman–Crippen MR) is 102 cm³/mol. The molecule has 1 atom stereocenters. The number of aromatic nitrogens is 3. The highest BCUT2D eigenvalue weighted by Crippen LogP contribution is 2.42. The number of nitrogens with one attached hydrogen (secondary N) is 2. The quantitative estimate of drug-likeness (QED) is 0.520. The first kappa shape index (κ1) is 14.3. The van der Waals surface area contributed by atoms with Gasteiger partial charge in [0.2, 0.25) is 0 Å². The fraction of sp³-hybridized carbons (Fsp3) is 0.190. The van der Waals surface area contributed by atoms with Crippen LogP contribution in [0, 0.1) is 20.8 Å². The van der Waals surface area contributed by atoms with E-state index < -0.39 is 0 Å². The molecule has 1 aliphatic rings. The molecular formula is C21H20N4. The van der Waals surface area contributed by atoms with E-state index in [0.717, 1.165) is 11.2 Å². The Morgan fingerprint density at radius 1 is 1.00 bits per heavy atom. The Labute approximate surface area is 146 Å². The van der Waals surface area contributed by atoms with Crippen molar-refractivity contribution in [2.45, 2.75) is 26.9 Å². The fourth-order valence-corrected chi connectivity index (χ4v) is 4.03. The molecule has 2 aromatic carbocycles. The summed E-state index contributed by atoms with van der Waals surface area (Å²) in [5.41, 5.74) is 9.48. The van der Waals surface area contributed by atoms with Crippen molar-refractivity contribution in [1.82, 2.24) is 14.8 Å². The smallest absolute Gasteiger partial charge is 0.149 e. The van der Waals surface area contributed by atoms with Gasteiger partial charge >= 0.3 is 0 Å². The van der Waals surface area contributed by atoms with Gasteiger partial charge in [-0.25, -0.2) is 4.68 Å². The van der Waals surface area contributed by atoms with Gasteiger partial charge in [-0.1, -0.05) is 36.4 Å². The first-order chi connectivity index (χ1) is 12.1. The van der Waals surface area contributed by atoms with Gasteiger partial charge in [0.25, 0.3) is 0 Å². The highest BCUT2D eigenvalue weighted by molar-refractivity contribution is 5.87. The Kier molecular flexibility index (Phi) is 2.86. The van der Waals surface area contributed by atoms with Crippen molar-refractivity contribution < 1.29 is 0 Å². The lowest BCUT2D eigenvalue weighted by atomic mass is 9.99. The number of hydrogen-bond acceptors (Lipinski definition) is 2. The normalized spacial score (nSPS) is 15.7. The van der Waals surface area contributed by atoms with Crippen molar-refractivity contribution in [2.75, 3.05) is 5.32 Å². The highest BCUT2D eigenvalue weighted by Gasteiger charge is 2.30. The molecule has 3 heterocycles. The summed E-state index contributed by atoms with van der Waals surface area (Å²) in [7, 11) is 0. The van der Waals surface area contributed by atoms with E-state index in [1.807, 2.05) is 0 Å². The zero-order chi connectivity index (χ0) is 17.1. The summed E-state index contributed by atoms with van der Waals surface area (Å²) in [6.45, 7) is 6.35. The van der Waals surface area contributed by atoms with Crippen LogP contribution in [0.15, 0.2) is 48.5 Å². The Hall–Kier alpha value is -3.01. The zero-order valence-electron chi connectivity index (χ0n) is 14.6. The number of benzene rings is 2. The molecule has 5 rings (SSSR count). The minimum atomic E-state index is -0.0200. The number of hydrogen-bond donors (Lipinski definition) is 2. The summed E-state index contributed by atoms with van der Waals surface area (Å²) >= 11 is 0. The fourth-order valence-electron chi connectivity index (χ4n) is 4.03. The first-order valence-corrected chi connectivity index (χ1v) is 8.63. The lowest BCUT2D eigenvalue weighted by Crippen LogP contribution is -2.26. The van der Waals surface area contributed by atoms with Crippen LogP contribution in [0.4, 0.5) is 5.69 Å². The monoisotopic (exact) mass is 328 g/mol. The summed E-state index contributed by atoms with van der Waals surface area (Å²) < 4.78 is 2.12. The molecule has 4 heteroatoms. The molecule has 0 aliphatic carbocycles. The van der Waals surface area contributed by atoms with Gasteiger partial charge in [-0.05, 0) is 38.5 Å². The van der Waals surface area contributed by atoms with Crippen LogP contribution in [0.25, 0.3) is 22.2 Å². The second-order valence-corrected chi connectivity index (χ2v) is 6.87. The van der Waals surface area contributed by atoms with Gasteiger partial charge in [0, 0.05) is 33.4 Å². The number of aryl methyl sites for hydroxylation is 3. The Morgan fingerprint density at radius 3 is 2.72 bits per heavy atom. The van der Waals surface area contributed by atoms with Gasteiger partial charge in [0.05, 0.1) is 11.4 Å². The number of para-hydroxylation sites is 2. The van der Waals surface area contributed by atoms with Crippen LogP contribution in [-0.2, 0) is 0 Å². The van der Waals surface area contributed by atoms with Gasteiger partial charge in [0.1, 0.15) is 6.17 Å². The van der Waals surface area contributed by atoms with E-state index in [-0.39, 0.29) is 6.17 Å². The van der Waals surface area contributed by atoms with Crippen LogP contribution in [0.5, 0.6) is 0 Å². The van der Waals surface area contributed by atoms with Crippen molar-refractivity contribution in [3.63, 3.8) is 0 Å². The van der Waals surface area contributed by atoms with Crippen molar-refractivity contribution >= 4 is 16.6 Å². The molecule has 124 valence electrons. The number of aromatic amines is 1. The van der Waals surface area contributed by atoms with Crippen LogP contribution >= 0.6 is 0 Å². The van der Waals surface area contributed by atoms with Crippen molar-refractivity contribution in [1.29, 1.82) is 0 Å². The van der Waals surface area contributed by atoms with Crippen LogP contribution < -0.4 is 5.32 Å². The molecule has 4 aromatic rings. The van der Waals surface area contributed by atoms with E-state index >= 15 is 0 Å². The molecule has 1 aliphatic heterocycles. The number of nitrogens with zero attached hydrogens (tertiary/aromatic N) is 2. The third kappa shape index (κ3) is 1.97. The second kappa shape index (κ2) is 4.99. The SMILES string of the molecule is Cc1cc2n(n1)C(c1c(C)[nH]c3ccccc13)Nc1c(C)cccc1-2. The number of fused-ring (bicyclic) bond motifs is 4. The minimum absolute atomic E-state index is 0.0200. The Balaban J connectivity index is 1.80. The Bertz CT molecular complexity index is 1120. The van der Waals surface area contributed by atoms with Crippen molar-refractivity contribution in [2.24, 2.45) is 0 Å². The molecule has 0 saturated carbocycles. The molecule has 0 radical (unpaired) electrons. The molecule has 0 fully saturated rings. The molecule has 2 aromatic heterocycles. The van der Waals surface area contributed by atoms with E-state index in [1.54, 1.807) is 0 Å². The number of anilines is 1. The third-order valence-corrected chi connectivity index (χ3v) is 5.15. The van der Waals surface area contributed by atoms with Gasteiger partial charge in [-0.3, -0.25) is 0 Å². The van der Waals surface area contributed by atoms with E-state index in [1.165, 1.54) is 39.2 Å². The maximum absolute atomic E-state index is 4.81. The van der Waals surface area contributed by atoms with Crippen molar-refractivity contribution in [3.8, 4) is 11.3 Å². The number of rotatable bonds is 1. The van der Waals surface area contributed by atoms with Gasteiger partial charge in [-0.15, -0.1) is 0 Å². The largest absolute Gasteiger partial charge is 0.359 e. The van der Waals surface area contributed by atoms with Gasteiger partial charge in [-0.2, -0.15) is 5.10 Å². The van der Waals surface area contributed by atoms with E-state index in [2.05, 4.69) is 84.3 Å². The van der Waals surface area contributed by atoms with Crippen molar-refractivity contribution in [3.05, 3.63) is 71.0 Å². The average Bonchev–Trinajstić information content (AvgIpc) is 3.14. The summed E-state index contributed by atoms with van der Waals surface area (Å²) in [5, 5.41) is 9.80. The third-order valence-electron chi connectivity index (χ3n) is 5.15. The van der Waals surface area contributed by atoms with Gasteiger partial charge in [0.15, 0.2) is 0 Å². The summed E-state index contributed by atoms with van der Waals surface area (Å²) in [5.74, 6) is 0. The topological polar surface area (TPSA) is 45.6 Å². The highest BCUT2D eigenvalue weighted by atomic mass is 15.4. The number of H-pyrrole nitrogens is 1. The van der Waals surface area contributed by atoms with E-state index in [4.69, 9.17) is 5.10 Å². The van der Waals surface area contributed by atoms with Crippen LogP contribution in [0.1, 0.15) is 28.7 Å².